The van der Waals surface area contributed by atoms with Gasteiger partial charge in [0, 0.05) is 5.92 Å². The van der Waals surface area contributed by atoms with Gasteiger partial charge in [-0.3, -0.25) is 0 Å². The van der Waals surface area contributed by atoms with Crippen LogP contribution in [0.15, 0.2) is 42.2 Å². The average molecular weight is 479 g/mol. The fourth-order valence-corrected chi connectivity index (χ4v) is 5.30. The predicted molar refractivity (Wildman–Crippen MR) is 118 cm³/mol. The van der Waals surface area contributed by atoms with Gasteiger partial charge in [0.15, 0.2) is 8.32 Å². The molecule has 2 rings (SSSR count). The Hall–Kier alpha value is -1.32. The highest BCUT2D eigenvalue weighted by molar-refractivity contribution is 7.87. The molecule has 0 bridgehead atoms. The number of rotatable bonds is 8. The maximum absolute atomic E-state index is 12.9. The first-order chi connectivity index (χ1) is 14.1. The minimum Gasteiger partial charge on any atom is -0.413 e. The molecule has 0 aliphatic heterocycles. The molecule has 176 valence electrons. The molecule has 0 aromatic heterocycles. The van der Waals surface area contributed by atoms with Crippen molar-refractivity contribution in [1.82, 2.24) is 0 Å². The molecule has 0 unspecified atom stereocenters. The Balaban J connectivity index is 2.33. The lowest BCUT2D eigenvalue weighted by Crippen LogP contribution is -2.46. The van der Waals surface area contributed by atoms with E-state index in [1.807, 2.05) is 30.3 Å². The molecule has 0 saturated heterocycles. The fourth-order valence-electron chi connectivity index (χ4n) is 3.37. The number of allylic oxidation sites excluding steroid dienone is 1. The molecule has 0 radical (unpaired) electrons. The van der Waals surface area contributed by atoms with Gasteiger partial charge in [-0.1, -0.05) is 51.1 Å². The van der Waals surface area contributed by atoms with Crippen molar-refractivity contribution < 1.29 is 30.2 Å². The molecule has 2 atom stereocenters. The van der Waals surface area contributed by atoms with E-state index < -0.39 is 36.0 Å². The smallest absolute Gasteiger partial charge is 0.413 e. The summed E-state index contributed by atoms with van der Waals surface area (Å²) in [4.78, 5) is 0. The maximum atomic E-state index is 12.9. The Morgan fingerprint density at radius 1 is 1.13 bits per heavy atom. The first-order valence-corrected chi connectivity index (χ1v) is 14.9. The zero-order valence-corrected chi connectivity index (χ0v) is 20.6. The molecule has 1 aliphatic rings. The molecule has 0 N–H and O–H groups in total. The van der Waals surface area contributed by atoms with Crippen molar-refractivity contribution >= 4 is 18.4 Å². The van der Waals surface area contributed by atoms with E-state index >= 15 is 0 Å². The van der Waals surface area contributed by atoms with E-state index in [1.54, 1.807) is 0 Å². The highest BCUT2D eigenvalue weighted by Gasteiger charge is 2.50. The first-order valence-electron chi connectivity index (χ1n) is 10.6. The minimum atomic E-state index is -5.72. The number of hydrogen-bond acceptors (Lipinski definition) is 4. The molecule has 0 fully saturated rings. The summed E-state index contributed by atoms with van der Waals surface area (Å²) in [5.74, 6) is -0.677. The van der Waals surface area contributed by atoms with Crippen LogP contribution in [0.25, 0.3) is 0 Å². The van der Waals surface area contributed by atoms with Crippen molar-refractivity contribution in [2.45, 2.75) is 82.6 Å². The molecule has 9 heteroatoms. The van der Waals surface area contributed by atoms with E-state index in [0.717, 1.165) is 12.0 Å². The molecular weight excluding hydrogens is 445 g/mol. The van der Waals surface area contributed by atoms with E-state index in [1.165, 1.54) is 6.08 Å². The van der Waals surface area contributed by atoms with Gasteiger partial charge in [0.1, 0.15) is 5.76 Å². The number of alkyl halides is 3. The molecule has 1 aromatic carbocycles. The second kappa shape index (κ2) is 9.66. The van der Waals surface area contributed by atoms with Crippen LogP contribution in [0.3, 0.4) is 0 Å². The second-order valence-electron chi connectivity index (χ2n) is 9.57. The van der Waals surface area contributed by atoms with E-state index in [0.29, 0.717) is 25.7 Å². The number of benzene rings is 1. The minimum absolute atomic E-state index is 0.102. The van der Waals surface area contributed by atoms with E-state index in [9.17, 15) is 21.6 Å². The predicted octanol–water partition coefficient (Wildman–Crippen LogP) is 6.56. The summed E-state index contributed by atoms with van der Waals surface area (Å²) >= 11 is 0. The van der Waals surface area contributed by atoms with Crippen molar-refractivity contribution in [3.8, 4) is 0 Å². The van der Waals surface area contributed by atoms with E-state index in [2.05, 4.69) is 38.0 Å². The van der Waals surface area contributed by atoms with Gasteiger partial charge in [-0.25, -0.2) is 0 Å². The summed E-state index contributed by atoms with van der Waals surface area (Å²) in [5.41, 5.74) is -4.37. The molecule has 4 nitrogen and oxygen atoms in total. The Morgan fingerprint density at radius 2 is 1.74 bits per heavy atom. The van der Waals surface area contributed by atoms with Crippen LogP contribution in [0, 0.1) is 5.92 Å². The largest absolute Gasteiger partial charge is 0.534 e. The van der Waals surface area contributed by atoms with Crippen LogP contribution in [0.5, 0.6) is 0 Å². The van der Waals surface area contributed by atoms with Gasteiger partial charge in [-0.2, -0.15) is 21.6 Å². The van der Waals surface area contributed by atoms with Crippen LogP contribution in [0.1, 0.15) is 52.0 Å². The molecule has 0 saturated carbocycles. The third kappa shape index (κ3) is 6.83. The highest BCUT2D eigenvalue weighted by Crippen LogP contribution is 2.42. The monoisotopic (exact) mass is 478 g/mol. The van der Waals surface area contributed by atoms with Crippen LogP contribution in [-0.4, -0.2) is 28.3 Å². The summed E-state index contributed by atoms with van der Waals surface area (Å²) in [6.07, 6.45) is 4.02. The van der Waals surface area contributed by atoms with Gasteiger partial charge >= 0.3 is 15.6 Å². The third-order valence-corrected chi connectivity index (χ3v) is 11.7. The van der Waals surface area contributed by atoms with E-state index in [-0.39, 0.29) is 10.8 Å². The van der Waals surface area contributed by atoms with E-state index in [4.69, 9.17) is 4.43 Å². The number of halogens is 3. The van der Waals surface area contributed by atoms with Crippen LogP contribution < -0.4 is 0 Å². The molecule has 31 heavy (non-hydrogen) atoms. The highest BCUT2D eigenvalue weighted by atomic mass is 32.2. The Labute approximate surface area is 185 Å². The normalized spacial score (nSPS) is 19.6. The van der Waals surface area contributed by atoms with Crippen LogP contribution >= 0.6 is 0 Å². The molecular formula is C22H33F3O4SSi. The summed E-state index contributed by atoms with van der Waals surface area (Å²) in [7, 11) is -7.98. The topological polar surface area (TPSA) is 52.6 Å². The molecule has 1 aliphatic carbocycles. The second-order valence-corrected chi connectivity index (χ2v) is 15.9. The van der Waals surface area contributed by atoms with Gasteiger partial charge in [0.2, 0.25) is 0 Å². The summed E-state index contributed by atoms with van der Waals surface area (Å²) in [6, 6.07) is 9.77. The third-order valence-electron chi connectivity index (χ3n) is 6.18. The summed E-state index contributed by atoms with van der Waals surface area (Å²) in [6.45, 7) is 10.4. The Bertz CT molecular complexity index is 859. The Kier molecular flexibility index (Phi) is 8.08. The number of aryl methyl sites for hydroxylation is 1. The molecule has 0 amide bonds. The van der Waals surface area contributed by atoms with Crippen molar-refractivity contribution in [1.29, 1.82) is 0 Å². The quantitative estimate of drug-likeness (QED) is 0.241. The zero-order chi connectivity index (χ0) is 23.5. The summed E-state index contributed by atoms with van der Waals surface area (Å²) < 4.78 is 73.5. The van der Waals surface area contributed by atoms with Crippen molar-refractivity contribution in [2.75, 3.05) is 0 Å². The SMILES string of the molecule is CC(C)(C)[Si](C)(C)O[C@H](CCc1ccccc1)[C@@H]1CCCC=C1OS(=O)(=O)C(F)(F)F. The van der Waals surface area contributed by atoms with Crippen molar-refractivity contribution in [2.24, 2.45) is 5.92 Å². The lowest BCUT2D eigenvalue weighted by atomic mass is 9.86. The van der Waals surface area contributed by atoms with Gasteiger partial charge < -0.3 is 8.61 Å². The van der Waals surface area contributed by atoms with Gasteiger partial charge in [0.25, 0.3) is 0 Å². The number of hydrogen-bond donors (Lipinski definition) is 0. The van der Waals surface area contributed by atoms with Gasteiger partial charge in [0.05, 0.1) is 6.10 Å². The summed E-state index contributed by atoms with van der Waals surface area (Å²) in [5, 5.41) is -0.102. The molecule has 0 spiro atoms. The fraction of sp³-hybridized carbons (Fsp3) is 0.636. The lowest BCUT2D eigenvalue weighted by Gasteiger charge is -2.42. The first kappa shape index (κ1) is 25.9. The van der Waals surface area contributed by atoms with Crippen LogP contribution in [0.4, 0.5) is 13.2 Å². The van der Waals surface area contributed by atoms with Crippen molar-refractivity contribution in [3.63, 3.8) is 0 Å². The van der Waals surface area contributed by atoms with Gasteiger partial charge in [-0.05, 0) is 61.9 Å². The van der Waals surface area contributed by atoms with Crippen LogP contribution in [0.2, 0.25) is 18.1 Å². The Morgan fingerprint density at radius 3 is 2.29 bits per heavy atom. The van der Waals surface area contributed by atoms with Gasteiger partial charge in [-0.15, -0.1) is 0 Å². The zero-order valence-electron chi connectivity index (χ0n) is 18.8. The van der Waals surface area contributed by atoms with Crippen molar-refractivity contribution in [3.05, 3.63) is 47.7 Å². The molecule has 0 heterocycles. The maximum Gasteiger partial charge on any atom is 0.534 e. The average Bonchev–Trinajstić information content (AvgIpc) is 2.64. The standard InChI is InChI=1S/C22H33F3O4SSi/c1-21(2,3)31(4,5)29-20(16-15-17-11-7-6-8-12-17)18-13-9-10-14-19(18)28-30(26,27)22(23,24)25/h6-8,11-12,14,18,20H,9-10,13,15-16H2,1-5H3/t18-,20-/m1/s1. The molecule has 1 aromatic rings. The lowest BCUT2D eigenvalue weighted by molar-refractivity contribution is -0.0535. The van der Waals surface area contributed by atoms with Crippen LogP contribution in [-0.2, 0) is 25.1 Å².